The molecule has 0 saturated carbocycles. The van der Waals surface area contributed by atoms with Gasteiger partial charge in [0.15, 0.2) is 5.78 Å². The Kier molecular flexibility index (Phi) is 3.52. The maximum absolute atomic E-state index is 12.9. The maximum atomic E-state index is 12.9. The summed E-state index contributed by atoms with van der Waals surface area (Å²) in [5, 5.41) is 1.74. The second kappa shape index (κ2) is 5.21. The van der Waals surface area contributed by atoms with Gasteiger partial charge in [-0.25, -0.2) is 0 Å². The van der Waals surface area contributed by atoms with E-state index in [1.54, 1.807) is 18.3 Å². The number of ketones is 1. The van der Waals surface area contributed by atoms with Gasteiger partial charge in [0, 0.05) is 33.2 Å². The maximum Gasteiger partial charge on any atom is 0.195 e. The van der Waals surface area contributed by atoms with Crippen LogP contribution in [0.15, 0.2) is 36.5 Å². The van der Waals surface area contributed by atoms with Gasteiger partial charge in [0.1, 0.15) is 0 Å². The van der Waals surface area contributed by atoms with Gasteiger partial charge in [-0.3, -0.25) is 4.79 Å². The number of halogens is 2. The molecule has 2 nitrogen and oxygen atoms in total. The van der Waals surface area contributed by atoms with E-state index in [1.807, 2.05) is 32.0 Å². The Balaban J connectivity index is 2.24. The van der Waals surface area contributed by atoms with Crippen LogP contribution in [0.2, 0.25) is 10.0 Å². The SMILES string of the molecule is Cc1cccc(C)c1C(=O)c1c[nH]c2cc(Cl)cc(Cl)c12. The Morgan fingerprint density at radius 3 is 2.43 bits per heavy atom. The van der Waals surface area contributed by atoms with E-state index in [4.69, 9.17) is 23.2 Å². The highest BCUT2D eigenvalue weighted by atomic mass is 35.5. The third-order valence-electron chi connectivity index (χ3n) is 3.65. The largest absolute Gasteiger partial charge is 0.360 e. The molecule has 1 aromatic heterocycles. The molecule has 0 bridgehead atoms. The first-order chi connectivity index (χ1) is 9.99. The van der Waals surface area contributed by atoms with Crippen molar-refractivity contribution in [2.75, 3.05) is 0 Å². The summed E-state index contributed by atoms with van der Waals surface area (Å²) in [6.45, 7) is 3.88. The van der Waals surface area contributed by atoms with Gasteiger partial charge in [0.05, 0.1) is 5.02 Å². The molecular formula is C17H13Cl2NO. The minimum absolute atomic E-state index is 0.0268. The lowest BCUT2D eigenvalue weighted by Gasteiger charge is -2.08. The predicted molar refractivity (Wildman–Crippen MR) is 87.7 cm³/mol. The van der Waals surface area contributed by atoms with Gasteiger partial charge in [0.2, 0.25) is 0 Å². The van der Waals surface area contributed by atoms with Gasteiger partial charge in [-0.15, -0.1) is 0 Å². The van der Waals surface area contributed by atoms with Crippen LogP contribution >= 0.6 is 23.2 Å². The molecule has 0 radical (unpaired) electrons. The molecule has 106 valence electrons. The van der Waals surface area contributed by atoms with E-state index >= 15 is 0 Å². The third kappa shape index (κ3) is 2.35. The van der Waals surface area contributed by atoms with E-state index in [0.29, 0.717) is 21.0 Å². The average molecular weight is 318 g/mol. The Morgan fingerprint density at radius 1 is 1.10 bits per heavy atom. The van der Waals surface area contributed by atoms with Crippen LogP contribution in [0.1, 0.15) is 27.0 Å². The predicted octanol–water partition coefficient (Wildman–Crippen LogP) is 5.32. The van der Waals surface area contributed by atoms with Crippen LogP contribution < -0.4 is 0 Å². The first-order valence-corrected chi connectivity index (χ1v) is 7.31. The van der Waals surface area contributed by atoms with Crippen LogP contribution in [0.4, 0.5) is 0 Å². The number of hydrogen-bond acceptors (Lipinski definition) is 1. The lowest BCUT2D eigenvalue weighted by atomic mass is 9.95. The molecule has 3 rings (SSSR count). The van der Waals surface area contributed by atoms with E-state index in [1.165, 1.54) is 0 Å². The van der Waals surface area contributed by atoms with Crippen molar-refractivity contribution in [3.8, 4) is 0 Å². The molecule has 0 aliphatic heterocycles. The summed E-state index contributed by atoms with van der Waals surface area (Å²) >= 11 is 12.3. The molecule has 1 heterocycles. The van der Waals surface area contributed by atoms with Crippen LogP contribution in [0.5, 0.6) is 0 Å². The summed E-state index contributed by atoms with van der Waals surface area (Å²) in [7, 11) is 0. The molecule has 0 saturated heterocycles. The summed E-state index contributed by atoms with van der Waals surface area (Å²) < 4.78 is 0. The van der Waals surface area contributed by atoms with E-state index in [0.717, 1.165) is 22.2 Å². The number of aromatic amines is 1. The fourth-order valence-electron chi connectivity index (χ4n) is 2.67. The summed E-state index contributed by atoms with van der Waals surface area (Å²) in [5.41, 5.74) is 3.98. The van der Waals surface area contributed by atoms with Crippen LogP contribution in [-0.4, -0.2) is 10.8 Å². The van der Waals surface area contributed by atoms with E-state index in [9.17, 15) is 4.79 Å². The van der Waals surface area contributed by atoms with Gasteiger partial charge >= 0.3 is 0 Å². The fraction of sp³-hybridized carbons (Fsp3) is 0.118. The number of fused-ring (bicyclic) bond motifs is 1. The van der Waals surface area contributed by atoms with Gasteiger partial charge in [-0.2, -0.15) is 0 Å². The second-order valence-electron chi connectivity index (χ2n) is 5.11. The first kappa shape index (κ1) is 14.2. The summed E-state index contributed by atoms with van der Waals surface area (Å²) in [5.74, 6) is -0.0268. The molecule has 1 N–H and O–H groups in total. The molecule has 0 fully saturated rings. The van der Waals surface area contributed by atoms with Gasteiger partial charge in [-0.05, 0) is 37.1 Å². The highest BCUT2D eigenvalue weighted by Crippen LogP contribution is 2.32. The van der Waals surface area contributed by atoms with Crippen molar-refractivity contribution in [3.05, 3.63) is 68.8 Å². The van der Waals surface area contributed by atoms with Crippen molar-refractivity contribution in [1.29, 1.82) is 0 Å². The van der Waals surface area contributed by atoms with Crippen LogP contribution in [0, 0.1) is 13.8 Å². The van der Waals surface area contributed by atoms with Crippen molar-refractivity contribution in [1.82, 2.24) is 4.98 Å². The average Bonchev–Trinajstić information content (AvgIpc) is 2.82. The van der Waals surface area contributed by atoms with E-state index in [2.05, 4.69) is 4.98 Å². The third-order valence-corrected chi connectivity index (χ3v) is 4.17. The van der Waals surface area contributed by atoms with Crippen LogP contribution in [-0.2, 0) is 0 Å². The number of carbonyl (C=O) groups is 1. The molecule has 2 aromatic carbocycles. The number of H-pyrrole nitrogens is 1. The second-order valence-corrected chi connectivity index (χ2v) is 5.95. The zero-order chi connectivity index (χ0) is 15.1. The number of aryl methyl sites for hydroxylation is 2. The van der Waals surface area contributed by atoms with E-state index in [-0.39, 0.29) is 5.78 Å². The minimum Gasteiger partial charge on any atom is -0.360 e. The van der Waals surface area contributed by atoms with Gasteiger partial charge < -0.3 is 4.98 Å². The topological polar surface area (TPSA) is 32.9 Å². The Hall–Kier alpha value is -1.77. The highest BCUT2D eigenvalue weighted by molar-refractivity contribution is 6.40. The van der Waals surface area contributed by atoms with Crippen molar-refractivity contribution < 1.29 is 4.79 Å². The van der Waals surface area contributed by atoms with Crippen molar-refractivity contribution >= 4 is 39.9 Å². The monoisotopic (exact) mass is 317 g/mol. The number of rotatable bonds is 2. The van der Waals surface area contributed by atoms with Crippen molar-refractivity contribution in [3.63, 3.8) is 0 Å². The Bertz CT molecular complexity index is 844. The molecular weight excluding hydrogens is 305 g/mol. The summed E-state index contributed by atoms with van der Waals surface area (Å²) in [4.78, 5) is 16.0. The molecule has 4 heteroatoms. The molecule has 0 unspecified atom stereocenters. The number of aromatic nitrogens is 1. The van der Waals surface area contributed by atoms with E-state index < -0.39 is 0 Å². The smallest absolute Gasteiger partial charge is 0.195 e. The summed E-state index contributed by atoms with van der Waals surface area (Å²) in [6, 6.07) is 9.25. The standard InChI is InChI=1S/C17H13Cl2NO/c1-9-4-3-5-10(2)15(9)17(21)12-8-20-14-7-11(18)6-13(19)16(12)14/h3-8,20H,1-2H3. The van der Waals surface area contributed by atoms with Crippen LogP contribution in [0.3, 0.4) is 0 Å². The first-order valence-electron chi connectivity index (χ1n) is 6.56. The normalized spacial score (nSPS) is 11.0. The number of nitrogens with one attached hydrogen (secondary N) is 1. The van der Waals surface area contributed by atoms with Gasteiger partial charge in [0.25, 0.3) is 0 Å². The molecule has 0 amide bonds. The highest BCUT2D eigenvalue weighted by Gasteiger charge is 2.19. The molecule has 0 aliphatic carbocycles. The zero-order valence-corrected chi connectivity index (χ0v) is 13.1. The van der Waals surface area contributed by atoms with Crippen LogP contribution in [0.25, 0.3) is 10.9 Å². The lowest BCUT2D eigenvalue weighted by Crippen LogP contribution is -2.05. The minimum atomic E-state index is -0.0268. The molecule has 0 aliphatic rings. The Morgan fingerprint density at radius 2 is 1.76 bits per heavy atom. The molecule has 21 heavy (non-hydrogen) atoms. The van der Waals surface area contributed by atoms with Crippen molar-refractivity contribution in [2.45, 2.75) is 13.8 Å². The number of carbonyl (C=O) groups excluding carboxylic acids is 1. The van der Waals surface area contributed by atoms with Gasteiger partial charge in [-0.1, -0.05) is 41.4 Å². The molecule has 0 spiro atoms. The molecule has 3 aromatic rings. The quantitative estimate of drug-likeness (QED) is 0.637. The lowest BCUT2D eigenvalue weighted by molar-refractivity contribution is 0.103. The number of hydrogen-bond donors (Lipinski definition) is 1. The zero-order valence-electron chi connectivity index (χ0n) is 11.6. The van der Waals surface area contributed by atoms with Crippen molar-refractivity contribution in [2.24, 2.45) is 0 Å². The number of benzene rings is 2. The Labute approximate surface area is 132 Å². The fourth-order valence-corrected chi connectivity index (χ4v) is 3.26. The molecule has 0 atom stereocenters. The summed E-state index contributed by atoms with van der Waals surface area (Å²) in [6.07, 6.45) is 1.70.